The van der Waals surface area contributed by atoms with Gasteiger partial charge >= 0.3 is 5.97 Å². The van der Waals surface area contributed by atoms with E-state index in [1.165, 1.54) is 7.11 Å². The van der Waals surface area contributed by atoms with Crippen LogP contribution < -0.4 is 5.32 Å². The molecule has 0 fully saturated rings. The van der Waals surface area contributed by atoms with Gasteiger partial charge in [0.15, 0.2) is 14.4 Å². The lowest BCUT2D eigenvalue weighted by Gasteiger charge is -2.39. The first-order chi connectivity index (χ1) is 11.9. The predicted octanol–water partition coefficient (Wildman–Crippen LogP) is 3.35. The largest absolute Gasteiger partial charge is 0.467 e. The molecule has 5 nitrogen and oxygen atoms in total. The van der Waals surface area contributed by atoms with Crippen LogP contribution >= 0.6 is 0 Å². The van der Waals surface area contributed by atoms with Crippen molar-refractivity contribution in [1.29, 1.82) is 0 Å². The Labute approximate surface area is 157 Å². The minimum Gasteiger partial charge on any atom is -0.467 e. The molecule has 0 radical (unpaired) electrons. The van der Waals surface area contributed by atoms with Crippen molar-refractivity contribution < 1.29 is 18.8 Å². The molecule has 0 bridgehead atoms. The summed E-state index contributed by atoms with van der Waals surface area (Å²) in [5, 5.41) is 2.71. The van der Waals surface area contributed by atoms with Crippen LogP contribution in [0.4, 0.5) is 0 Å². The topological polar surface area (TPSA) is 64.6 Å². The van der Waals surface area contributed by atoms with Gasteiger partial charge in [0.05, 0.1) is 13.2 Å². The predicted molar refractivity (Wildman–Crippen MR) is 105 cm³/mol. The van der Waals surface area contributed by atoms with E-state index in [1.807, 2.05) is 0 Å². The second-order valence-corrected chi connectivity index (χ2v) is 12.5. The first-order valence-corrected chi connectivity index (χ1v) is 11.5. The summed E-state index contributed by atoms with van der Waals surface area (Å²) in [5.41, 5.74) is 1.10. The first kappa shape index (κ1) is 21.9. The molecule has 0 saturated carbocycles. The molecule has 142 valence electrons. The fourth-order valence-electron chi connectivity index (χ4n) is 2.15. The summed E-state index contributed by atoms with van der Waals surface area (Å²) in [5.74, 6) is 1.58. The Morgan fingerprint density at radius 2 is 1.73 bits per heavy atom. The summed E-state index contributed by atoms with van der Waals surface area (Å²) in [6.45, 7) is 12.3. The maximum atomic E-state index is 12.5. The highest BCUT2D eigenvalue weighted by Crippen LogP contribution is 2.37. The van der Waals surface area contributed by atoms with Gasteiger partial charge in [-0.1, -0.05) is 26.7 Å². The zero-order valence-corrected chi connectivity index (χ0v) is 17.7. The Morgan fingerprint density at radius 3 is 2.15 bits per heavy atom. The zero-order valence-electron chi connectivity index (χ0n) is 16.7. The van der Waals surface area contributed by atoms with Gasteiger partial charge in [-0.15, -0.1) is 6.42 Å². The van der Waals surface area contributed by atoms with Crippen molar-refractivity contribution in [3.63, 3.8) is 0 Å². The number of benzene rings is 1. The summed E-state index contributed by atoms with van der Waals surface area (Å²) in [7, 11) is -0.819. The molecule has 1 rings (SSSR count). The molecule has 0 aliphatic carbocycles. The summed E-state index contributed by atoms with van der Waals surface area (Å²) in [6, 6.07) is 5.71. The van der Waals surface area contributed by atoms with E-state index in [9.17, 15) is 9.59 Å². The Hall–Kier alpha value is -2.10. The lowest BCUT2D eigenvalue weighted by Crippen LogP contribution is -2.54. The highest BCUT2D eigenvalue weighted by molar-refractivity contribution is 6.74. The maximum Gasteiger partial charge on any atom is 0.331 e. The molecule has 0 spiro atoms. The Balaban J connectivity index is 2.97. The minimum absolute atomic E-state index is 0.0169. The van der Waals surface area contributed by atoms with Crippen LogP contribution in [-0.2, 0) is 14.0 Å². The molecule has 0 aliphatic rings. The second kappa shape index (κ2) is 8.52. The van der Waals surface area contributed by atoms with Crippen molar-refractivity contribution in [2.24, 2.45) is 0 Å². The number of esters is 1. The number of hydrogen-bond acceptors (Lipinski definition) is 4. The highest BCUT2D eigenvalue weighted by atomic mass is 28.4. The van der Waals surface area contributed by atoms with Crippen LogP contribution in [0.3, 0.4) is 0 Å². The van der Waals surface area contributed by atoms with Gasteiger partial charge in [-0.3, -0.25) is 4.79 Å². The SMILES string of the molecule is C#Cc1ccc(C(=O)N[C@H](C(=O)OC)[C@@H](C)O[Si](C)(C)C(C)(C)C)cc1. The molecule has 1 amide bonds. The number of amides is 1. The molecule has 0 saturated heterocycles. The van der Waals surface area contributed by atoms with Gasteiger partial charge in [0, 0.05) is 11.1 Å². The number of hydrogen-bond donors (Lipinski definition) is 1. The molecule has 0 heterocycles. The van der Waals surface area contributed by atoms with Crippen molar-refractivity contribution in [3.05, 3.63) is 35.4 Å². The third-order valence-electron chi connectivity index (χ3n) is 4.81. The van der Waals surface area contributed by atoms with Crippen molar-refractivity contribution in [2.75, 3.05) is 7.11 Å². The molecule has 6 heteroatoms. The number of terminal acetylenes is 1. The molecule has 26 heavy (non-hydrogen) atoms. The van der Waals surface area contributed by atoms with Crippen molar-refractivity contribution in [3.8, 4) is 12.3 Å². The average molecular weight is 376 g/mol. The van der Waals surface area contributed by atoms with Gasteiger partial charge in [0.1, 0.15) is 0 Å². The van der Waals surface area contributed by atoms with Gasteiger partial charge in [-0.2, -0.15) is 0 Å². The Morgan fingerprint density at radius 1 is 1.19 bits per heavy atom. The van der Waals surface area contributed by atoms with E-state index in [2.05, 4.69) is 45.1 Å². The van der Waals surface area contributed by atoms with Crippen LogP contribution in [0.1, 0.15) is 43.6 Å². The number of methoxy groups -OCH3 is 1. The van der Waals surface area contributed by atoms with Crippen LogP contribution in [0, 0.1) is 12.3 Å². The van der Waals surface area contributed by atoms with E-state index in [4.69, 9.17) is 15.6 Å². The van der Waals surface area contributed by atoms with Crippen LogP contribution in [0.25, 0.3) is 0 Å². The summed E-state index contributed by atoms with van der Waals surface area (Å²) >= 11 is 0. The highest BCUT2D eigenvalue weighted by Gasteiger charge is 2.41. The first-order valence-electron chi connectivity index (χ1n) is 8.56. The summed E-state index contributed by atoms with van der Waals surface area (Å²) in [4.78, 5) is 24.8. The van der Waals surface area contributed by atoms with Crippen molar-refractivity contribution in [1.82, 2.24) is 5.32 Å². The van der Waals surface area contributed by atoms with E-state index in [0.717, 1.165) is 0 Å². The van der Waals surface area contributed by atoms with E-state index in [1.54, 1.807) is 31.2 Å². The second-order valence-electron chi connectivity index (χ2n) is 7.78. The van der Waals surface area contributed by atoms with Gasteiger partial charge in [-0.25, -0.2) is 4.79 Å². The molecule has 1 aromatic carbocycles. The molecule has 0 aliphatic heterocycles. The molecule has 0 unspecified atom stereocenters. The maximum absolute atomic E-state index is 12.5. The van der Waals surface area contributed by atoms with E-state index >= 15 is 0 Å². The Kier molecular flexibility index (Phi) is 7.19. The molecule has 2 atom stereocenters. The number of ether oxygens (including phenoxy) is 1. The van der Waals surface area contributed by atoms with Crippen LogP contribution in [0.2, 0.25) is 18.1 Å². The average Bonchev–Trinajstić information content (AvgIpc) is 2.57. The fourth-order valence-corrected chi connectivity index (χ4v) is 3.57. The van der Waals surface area contributed by atoms with Crippen molar-refractivity contribution >= 4 is 20.2 Å². The number of nitrogens with one attached hydrogen (secondary N) is 1. The summed E-state index contributed by atoms with van der Waals surface area (Å²) in [6.07, 6.45) is 4.81. The molecule has 1 N–H and O–H groups in total. The van der Waals surface area contributed by atoms with Crippen LogP contribution in [0.15, 0.2) is 24.3 Å². The molecule has 0 aromatic heterocycles. The van der Waals surface area contributed by atoms with Gasteiger partial charge in [-0.05, 0) is 49.3 Å². The van der Waals surface area contributed by atoms with E-state index in [0.29, 0.717) is 11.1 Å². The third-order valence-corrected chi connectivity index (χ3v) is 9.39. The number of rotatable bonds is 6. The standard InChI is InChI=1S/C20H29NO4Si/c1-9-15-10-12-16(13-11-15)18(22)21-17(19(23)24-6)14(2)25-26(7,8)20(3,4)5/h1,10-14,17H,2-8H3,(H,21,22)/t14-,17+/m1/s1. The zero-order chi connectivity index (χ0) is 20.1. The smallest absolute Gasteiger partial charge is 0.331 e. The van der Waals surface area contributed by atoms with Gasteiger partial charge in [0.2, 0.25) is 0 Å². The minimum atomic E-state index is -2.11. The monoisotopic (exact) mass is 375 g/mol. The van der Waals surface area contributed by atoms with Crippen molar-refractivity contribution in [2.45, 2.75) is 58.0 Å². The third kappa shape index (κ3) is 5.45. The molecular weight excluding hydrogens is 346 g/mol. The van der Waals surface area contributed by atoms with Gasteiger partial charge < -0.3 is 14.5 Å². The quantitative estimate of drug-likeness (QED) is 0.470. The van der Waals surface area contributed by atoms with E-state index < -0.39 is 26.4 Å². The lowest BCUT2D eigenvalue weighted by atomic mass is 10.1. The Bertz CT molecular complexity index is 683. The number of carbonyl (C=O) groups is 2. The lowest BCUT2D eigenvalue weighted by molar-refractivity contribution is -0.145. The fraction of sp³-hybridized carbons (Fsp3) is 0.500. The van der Waals surface area contributed by atoms with E-state index in [-0.39, 0.29) is 10.9 Å². The van der Waals surface area contributed by atoms with Crippen LogP contribution in [0.5, 0.6) is 0 Å². The summed E-state index contributed by atoms with van der Waals surface area (Å²) < 4.78 is 11.1. The van der Waals surface area contributed by atoms with Crippen LogP contribution in [-0.4, -0.2) is 39.4 Å². The van der Waals surface area contributed by atoms with Gasteiger partial charge in [0.25, 0.3) is 5.91 Å². The number of carbonyl (C=O) groups excluding carboxylic acids is 2. The normalized spacial score (nSPS) is 14.1. The molecule has 1 aromatic rings. The molecular formula is C20H29NO4Si.